The number of aliphatic hydroxyl groups excluding tert-OH is 16. The fourth-order valence-corrected chi connectivity index (χ4v) is 21.5. The lowest BCUT2D eigenvalue weighted by Crippen LogP contribution is -2.69. The molecule has 0 unspecified atom stereocenters. The first-order chi connectivity index (χ1) is 58.4. The number of carboxylic acid groups (broad SMARTS) is 7. The first-order valence-electron chi connectivity index (χ1n) is 38.9. The van der Waals surface area contributed by atoms with Gasteiger partial charge in [0, 0.05) is 80.5 Å². The zero-order chi connectivity index (χ0) is 90.0. The number of ether oxygens (including phenoxy) is 16. The molecule has 0 amide bonds. The average Bonchev–Trinajstić information content (AvgIpc) is 0.781. The molecule has 0 spiro atoms. The lowest BCUT2D eigenvalue weighted by Gasteiger charge is -2.51. The lowest BCUT2D eigenvalue weighted by atomic mass is 9.95. The molecule has 708 valence electrons. The predicted molar refractivity (Wildman–Crippen MR) is 422 cm³/mol. The van der Waals surface area contributed by atoms with Crippen molar-refractivity contribution in [2.24, 2.45) is 0 Å². The highest BCUT2D eigenvalue weighted by Gasteiger charge is 2.61. The van der Waals surface area contributed by atoms with Crippen LogP contribution in [0.4, 0.5) is 0 Å². The second kappa shape index (κ2) is 50.0. The molecule has 0 radical (unpaired) electrons. The minimum Gasteiger partial charge on any atom is -0.481 e. The highest BCUT2D eigenvalue weighted by molar-refractivity contribution is 8.00. The third-order valence-corrected chi connectivity index (χ3v) is 28.5. The topological polar surface area (TPSA) is 732 Å². The van der Waals surface area contributed by atoms with E-state index >= 15 is 0 Å². The van der Waals surface area contributed by atoms with Crippen LogP contribution >= 0.6 is 93.9 Å². The number of hydrogen-bond acceptors (Lipinski definition) is 46. The molecule has 0 aromatic carbocycles. The maximum atomic E-state index is 12.3. The van der Waals surface area contributed by atoms with Gasteiger partial charge in [-0.25, -0.2) is 0 Å². The van der Waals surface area contributed by atoms with Gasteiger partial charge in [0.1, 0.15) is 153 Å². The molecule has 123 heavy (non-hydrogen) atoms. The predicted octanol–water partition coefficient (Wildman–Crippen LogP) is -7.65. The van der Waals surface area contributed by atoms with Gasteiger partial charge in [0.2, 0.25) is 0 Å². The van der Waals surface area contributed by atoms with Crippen molar-refractivity contribution in [2.75, 3.05) is 86.4 Å². The van der Waals surface area contributed by atoms with Gasteiger partial charge in [0.25, 0.3) is 0 Å². The van der Waals surface area contributed by atoms with E-state index < -0.39 is 338 Å². The number of carbonyl (C=O) groups is 7. The highest BCUT2D eigenvalue weighted by Crippen LogP contribution is 2.43. The van der Waals surface area contributed by atoms with Gasteiger partial charge in [-0.3, -0.25) is 33.6 Å². The number of carboxylic acids is 7. The number of thioether (sulfide) groups is 7. The van der Waals surface area contributed by atoms with Gasteiger partial charge in [-0.15, -0.1) is 11.6 Å². The Morgan fingerprint density at radius 2 is 0.301 bits per heavy atom. The smallest absolute Gasteiger partial charge is 0.304 e. The molecule has 0 aromatic rings. The first-order valence-corrected chi connectivity index (χ1v) is 47.5. The van der Waals surface area contributed by atoms with Crippen LogP contribution in [0.3, 0.4) is 0 Å². The van der Waals surface area contributed by atoms with Crippen LogP contribution < -0.4 is 0 Å². The lowest BCUT2D eigenvalue weighted by molar-refractivity contribution is -0.396. The fourth-order valence-electron chi connectivity index (χ4n) is 14.3. The quantitative estimate of drug-likeness (QED) is 0.0205. The van der Waals surface area contributed by atoms with Crippen molar-refractivity contribution in [2.45, 2.75) is 291 Å². The Bertz CT molecular complexity index is 3170. The number of aliphatic hydroxyl groups is 16. The van der Waals surface area contributed by atoms with Crippen molar-refractivity contribution in [3.63, 3.8) is 0 Å². The summed E-state index contributed by atoms with van der Waals surface area (Å²) in [5.41, 5.74) is 0. The third kappa shape index (κ3) is 28.6. The normalized spacial score (nSPS) is 42.7. The zero-order valence-electron chi connectivity index (χ0n) is 65.1. The second-order valence-electron chi connectivity index (χ2n) is 29.7. The molecule has 0 aromatic heterocycles. The van der Waals surface area contributed by atoms with Crippen LogP contribution in [0.25, 0.3) is 0 Å². The molecule has 46 nitrogen and oxygen atoms in total. The Morgan fingerprint density at radius 3 is 0.415 bits per heavy atom. The Labute approximate surface area is 735 Å². The second-order valence-corrected chi connectivity index (χ2v) is 38.0. The van der Waals surface area contributed by atoms with Crippen molar-refractivity contribution in [1.29, 1.82) is 0 Å². The average molecular weight is 1930 g/mol. The molecule has 0 saturated carbocycles. The highest BCUT2D eigenvalue weighted by atomic mass is 35.5. The van der Waals surface area contributed by atoms with Crippen LogP contribution in [0.1, 0.15) is 44.9 Å². The van der Waals surface area contributed by atoms with Crippen LogP contribution in [-0.4, -0.2) is 491 Å². The fraction of sp³-hybridized carbons (Fsp3) is 0.899. The summed E-state index contributed by atoms with van der Waals surface area (Å²) in [5.74, 6) is -12.9. The molecule has 16 bridgehead atoms. The van der Waals surface area contributed by atoms with Gasteiger partial charge in [0.05, 0.1) is 93.6 Å². The third-order valence-electron chi connectivity index (χ3n) is 20.8. The van der Waals surface area contributed by atoms with E-state index in [9.17, 15) is 151 Å². The Kier molecular flexibility index (Phi) is 42.5. The van der Waals surface area contributed by atoms with Crippen molar-refractivity contribution >= 4 is 136 Å². The molecule has 54 heteroatoms. The van der Waals surface area contributed by atoms with Crippen LogP contribution in [0.5, 0.6) is 0 Å². The monoisotopic (exact) mass is 1930 g/mol. The molecule has 30 aliphatic rings. The van der Waals surface area contributed by atoms with Crippen LogP contribution in [-0.2, 0) is 109 Å². The number of alkyl halides is 1. The van der Waals surface area contributed by atoms with Gasteiger partial charge in [-0.1, -0.05) is 0 Å². The first kappa shape index (κ1) is 104. The molecule has 40 atom stereocenters. The van der Waals surface area contributed by atoms with E-state index in [0.29, 0.717) is 0 Å². The van der Waals surface area contributed by atoms with Crippen LogP contribution in [0, 0.1) is 0 Å². The Morgan fingerprint density at radius 1 is 0.187 bits per heavy atom. The SMILES string of the molecule is O=C(O)CCSC[C@H]1O[C@@H]2O[C@H]3[C@H](O)[C@@H](O)[C@@H](O[C@H]4[C@H](O)[C@@H](O)[C@@H](O[C@H]5[C@H](O)[C@@H](O)[C@@H](O[C@H]6[C@H](O)[C@@H](O)[C@@H](O[C@H]7[C@H](O)[C@@H](O)[C@@H](O[C@H]8[C@H](O)[C@@H](O)[C@@H](O[C@H]9[C@H](O)[C@@H](O)[C@@H](O[C@H]1[C@H](O)[C@H]2O)O[C@@H]9CCl)O[C@@H]8CSCCC(=O)O)O[C@@H]7CSCCC(=O)O)O[C@@H]6CSCCC(=O)O)O[C@@H]5CSCCC(=O)O)O[C@@H]4CSCCC(=O)O)O[C@@H]3CSCCC(=O)O. The van der Waals surface area contributed by atoms with Crippen molar-refractivity contribution in [3.8, 4) is 0 Å². The minimum atomic E-state index is -2.31. The van der Waals surface area contributed by atoms with Crippen LogP contribution in [0.15, 0.2) is 0 Å². The molecule has 30 aliphatic heterocycles. The summed E-state index contributed by atoms with van der Waals surface area (Å²) in [5, 5.41) is 261. The van der Waals surface area contributed by atoms with Crippen molar-refractivity contribution < 1.29 is 227 Å². The van der Waals surface area contributed by atoms with Gasteiger partial charge in [-0.2, -0.15) is 82.3 Å². The number of rotatable bonds is 36. The maximum absolute atomic E-state index is 12.3. The van der Waals surface area contributed by atoms with E-state index in [1.807, 2.05) is 0 Å². The van der Waals surface area contributed by atoms with Crippen molar-refractivity contribution in [3.05, 3.63) is 0 Å². The summed E-state index contributed by atoms with van der Waals surface area (Å²) in [4.78, 5) is 82.2. The molecule has 0 aliphatic carbocycles. The van der Waals surface area contributed by atoms with E-state index in [-0.39, 0.29) is 80.5 Å². The van der Waals surface area contributed by atoms with Crippen molar-refractivity contribution in [1.82, 2.24) is 0 Å². The Balaban J connectivity index is 1.10. The molecular formula is C69H107ClO46S7. The number of hydrogen-bond donors (Lipinski definition) is 23. The summed E-state index contributed by atoms with van der Waals surface area (Å²) in [6, 6.07) is 0. The standard InChI is InChI=1S/C69H107ClO46S7/c70-15-23-54-38(85)46(93)62(101-23)110-55-24(16-117-8-1-31(71)72)103-64(48(95)40(55)87)112-57-26(18-119-10-3-33(75)76)105-66(50(97)42(57)89)114-59-28(20-121-12-5-35(79)80)107-68(52(99)44(59)91)116-61-30(22-123-14-7-37(83)84)108-69(53(100)45(61)92)115-60-29(21-122-13-6-36(81)82)106-67(51(98)43(60)90)113-58-27(19-120-11-4-34(77)78)104-65(49(96)41(58)88)111-56-25(17-118-9-2-32(73)74)102-63(109-54)47(94)39(56)86/h23-30,38-69,85-100H,1-22H2,(H,71,72)(H,73,74)(H,75,76)(H,77,78)(H,79,80)(H,81,82)(H,83,84)/t23-,24-,25-,26-,27-,28-,29-,30-,38-,39-,40-,41-,42-,43-,44-,45-,46-,47-,48-,49-,50-,51-,52-,53-,54-,55-,56-,57-,58-,59-,60-,61-,62-,63-,64-,65-,66-,67-,68-,69-/m1/s1. The molecule has 30 saturated heterocycles. The summed E-state index contributed by atoms with van der Waals surface area (Å²) >= 11 is 12.7. The van der Waals surface area contributed by atoms with E-state index in [1.54, 1.807) is 0 Å². The molecular weight excluding hydrogens is 1820 g/mol. The van der Waals surface area contributed by atoms with Gasteiger partial charge in [0.15, 0.2) is 50.3 Å². The molecule has 30 fully saturated rings. The van der Waals surface area contributed by atoms with E-state index in [0.717, 1.165) is 82.3 Å². The van der Waals surface area contributed by atoms with Crippen LogP contribution in [0.2, 0.25) is 0 Å². The maximum Gasteiger partial charge on any atom is 0.304 e. The summed E-state index contributed by atoms with van der Waals surface area (Å²) < 4.78 is 99.5. The number of aliphatic carboxylic acids is 7. The minimum absolute atomic E-state index is 0.132. The van der Waals surface area contributed by atoms with Gasteiger partial charge < -0.3 is 193 Å². The van der Waals surface area contributed by atoms with Gasteiger partial charge >= 0.3 is 41.8 Å². The van der Waals surface area contributed by atoms with E-state index in [1.165, 1.54) is 0 Å². The van der Waals surface area contributed by atoms with Gasteiger partial charge in [-0.05, 0) is 0 Å². The number of halogens is 1. The zero-order valence-corrected chi connectivity index (χ0v) is 71.5. The summed E-state index contributed by atoms with van der Waals surface area (Å²) in [7, 11) is 0. The van der Waals surface area contributed by atoms with E-state index in [4.69, 9.17) is 87.4 Å². The summed E-state index contributed by atoms with van der Waals surface area (Å²) in [6.07, 6.45) is -84.3. The summed E-state index contributed by atoms with van der Waals surface area (Å²) in [6.45, 7) is 0. The molecule has 30 rings (SSSR count). The van der Waals surface area contributed by atoms with E-state index in [2.05, 4.69) is 0 Å². The molecule has 23 N–H and O–H groups in total. The largest absolute Gasteiger partial charge is 0.481 e. The Hall–Kier alpha value is -2.25. The molecule has 30 heterocycles.